The number of hydrogen-bond acceptors (Lipinski definition) is 11. The van der Waals surface area contributed by atoms with Gasteiger partial charge in [-0.15, -0.1) is 11.3 Å². The summed E-state index contributed by atoms with van der Waals surface area (Å²) in [4.78, 5) is 46.5. The first-order valence-electron chi connectivity index (χ1n) is 11.5. The van der Waals surface area contributed by atoms with Crippen LogP contribution in [0.5, 0.6) is 5.75 Å². The molecule has 1 aromatic heterocycles. The van der Waals surface area contributed by atoms with Gasteiger partial charge in [0.2, 0.25) is 11.7 Å². The Morgan fingerprint density at radius 1 is 1.21 bits per heavy atom. The number of aliphatic carboxylic acids is 1. The third kappa shape index (κ3) is 12.6. The number of nitro groups is 1. The van der Waals surface area contributed by atoms with E-state index in [9.17, 15) is 41.3 Å². The number of benzene rings is 1. The Morgan fingerprint density at radius 3 is 2.30 bits per heavy atom. The lowest BCUT2D eigenvalue weighted by Gasteiger charge is -2.22. The number of nitrogen functional groups attached to an aromatic ring is 1. The molecule has 0 fully saturated rings. The van der Waals surface area contributed by atoms with Crippen molar-refractivity contribution < 1.29 is 60.4 Å². The Kier molecular flexibility index (Phi) is 13.4. The maximum absolute atomic E-state index is 12.8. The van der Waals surface area contributed by atoms with Gasteiger partial charge in [0.15, 0.2) is 0 Å². The van der Waals surface area contributed by atoms with Crippen molar-refractivity contribution in [3.63, 3.8) is 0 Å². The third-order valence-corrected chi connectivity index (χ3v) is 6.64. The number of halogens is 3. The van der Waals surface area contributed by atoms with E-state index in [1.165, 1.54) is 36.1 Å². The molecule has 1 heterocycles. The summed E-state index contributed by atoms with van der Waals surface area (Å²) in [6, 6.07) is 6.43. The van der Waals surface area contributed by atoms with Gasteiger partial charge in [-0.3, -0.25) is 24.9 Å². The highest BCUT2D eigenvalue weighted by molar-refractivity contribution is 7.85. The second-order valence-corrected chi connectivity index (χ2v) is 10.9. The Hall–Kier alpha value is -4.40. The number of carboxylic acid groups (broad SMARTS) is 1. The number of aliphatic hydroxyl groups is 1. The quantitative estimate of drug-likeness (QED) is 0.0323. The van der Waals surface area contributed by atoms with Crippen LogP contribution >= 0.6 is 11.3 Å². The highest BCUT2D eigenvalue weighted by Gasteiger charge is 2.38. The summed E-state index contributed by atoms with van der Waals surface area (Å²) in [5, 5.41) is 34.9. The monoisotopic (exact) mass is 654 g/mol. The van der Waals surface area contributed by atoms with Crippen molar-refractivity contribution in [2.75, 3.05) is 25.4 Å². The minimum atomic E-state index is -5.08. The number of ether oxygens (including phenoxy) is 1. The fourth-order valence-electron chi connectivity index (χ4n) is 2.93. The Labute approximate surface area is 245 Å². The number of amidine groups is 1. The van der Waals surface area contributed by atoms with Crippen molar-refractivity contribution in [3.05, 3.63) is 61.3 Å². The fraction of sp³-hybridized carbons (Fsp3) is 0.304. The molecule has 0 atom stereocenters. The predicted octanol–water partition coefficient (Wildman–Crippen LogP) is 2.29. The average molecular weight is 655 g/mol. The smallest absolute Gasteiger partial charge is 0.475 e. The van der Waals surface area contributed by atoms with Crippen LogP contribution in [-0.2, 0) is 19.7 Å². The van der Waals surface area contributed by atoms with Crippen LogP contribution < -0.4 is 10.5 Å². The maximum atomic E-state index is 12.8. The number of carboxylic acids is 1. The third-order valence-electron chi connectivity index (χ3n) is 4.93. The lowest BCUT2D eigenvalue weighted by molar-refractivity contribution is -0.385. The van der Waals surface area contributed by atoms with Gasteiger partial charge in [-0.2, -0.15) is 21.6 Å². The van der Waals surface area contributed by atoms with Crippen molar-refractivity contribution in [2.45, 2.75) is 19.5 Å². The van der Waals surface area contributed by atoms with Crippen LogP contribution in [0.3, 0.4) is 0 Å². The molecule has 1 amide bonds. The first kappa shape index (κ1) is 36.6. The van der Waals surface area contributed by atoms with Crippen molar-refractivity contribution in [1.29, 1.82) is 5.41 Å². The molecule has 0 unspecified atom stereocenters. The van der Waals surface area contributed by atoms with Gasteiger partial charge in [0, 0.05) is 41.8 Å². The Morgan fingerprint density at radius 2 is 1.81 bits per heavy atom. The van der Waals surface area contributed by atoms with E-state index in [4.69, 9.17) is 35.4 Å². The molecule has 0 saturated heterocycles. The van der Waals surface area contributed by atoms with E-state index >= 15 is 0 Å². The van der Waals surface area contributed by atoms with Crippen LogP contribution in [0.2, 0.25) is 0 Å². The molecule has 0 spiro atoms. The fourth-order valence-corrected chi connectivity index (χ4v) is 4.27. The van der Waals surface area contributed by atoms with E-state index in [-0.39, 0.29) is 53.7 Å². The van der Waals surface area contributed by atoms with E-state index in [0.717, 1.165) is 23.5 Å². The molecule has 0 aliphatic carbocycles. The summed E-state index contributed by atoms with van der Waals surface area (Å²) in [5.41, 5.74) is 5.10. The molecule has 2 rings (SSSR count). The molecule has 0 radical (unpaired) electrons. The molecule has 0 bridgehead atoms. The summed E-state index contributed by atoms with van der Waals surface area (Å²) < 4.78 is 68.0. The number of aliphatic hydroxyl groups excluding tert-OH is 1. The van der Waals surface area contributed by atoms with Crippen LogP contribution in [0.4, 0.5) is 18.9 Å². The van der Waals surface area contributed by atoms with Crippen molar-refractivity contribution >= 4 is 56.9 Å². The largest absolute Gasteiger partial charge is 0.490 e. The summed E-state index contributed by atoms with van der Waals surface area (Å²) >= 11 is 0.954. The second kappa shape index (κ2) is 15.7. The second-order valence-electron chi connectivity index (χ2n) is 8.23. The van der Waals surface area contributed by atoms with E-state index in [2.05, 4.69) is 0 Å². The molecular weight excluding hydrogens is 629 g/mol. The van der Waals surface area contributed by atoms with Crippen molar-refractivity contribution in [3.8, 4) is 5.75 Å². The lowest BCUT2D eigenvalue weighted by atomic mass is 10.1. The normalized spacial score (nSPS) is 11.6. The number of rotatable bonds is 12. The molecule has 0 saturated carbocycles. The zero-order valence-electron chi connectivity index (χ0n) is 22.0. The topological polar surface area (TPSA) is 252 Å². The van der Waals surface area contributed by atoms with Crippen molar-refractivity contribution in [2.24, 2.45) is 5.73 Å². The summed E-state index contributed by atoms with van der Waals surface area (Å²) in [5.74, 6) is -5.53. The van der Waals surface area contributed by atoms with Gasteiger partial charge < -0.3 is 25.6 Å². The lowest BCUT2D eigenvalue weighted by Crippen LogP contribution is -2.36. The number of nitro benzene ring substituents is 1. The first-order valence-corrected chi connectivity index (χ1v) is 14.0. The van der Waals surface area contributed by atoms with Crippen LogP contribution in [0, 0.1) is 15.5 Å². The zero-order chi connectivity index (χ0) is 33.1. The van der Waals surface area contributed by atoms with Crippen LogP contribution in [0.1, 0.15) is 33.5 Å². The number of nitrogens with zero attached hydrogens (tertiary/aromatic N) is 2. The number of nitrogens with one attached hydrogen (secondary N) is 1. The summed E-state index contributed by atoms with van der Waals surface area (Å²) in [6.45, 7) is 1.06. The molecule has 43 heavy (non-hydrogen) atoms. The maximum Gasteiger partial charge on any atom is 0.490 e. The van der Waals surface area contributed by atoms with Gasteiger partial charge >= 0.3 is 23.8 Å². The zero-order valence-corrected chi connectivity index (χ0v) is 23.7. The number of carbonyl (C=O) groups excluding carboxylic acids is 2. The van der Waals surface area contributed by atoms with Gasteiger partial charge in [0.1, 0.15) is 10.7 Å². The van der Waals surface area contributed by atoms with Gasteiger partial charge in [-0.1, -0.05) is 0 Å². The SMILES string of the molecule is C/C(=C\c1ccc(C(=O)Oc2ccc(C(=N)N)cc2[N+](=O)[O-])s1)C(=O)N(CCCO)CCS(=O)(=O)O.O=C(O)C(F)(F)F. The van der Waals surface area contributed by atoms with Gasteiger partial charge in [-0.05, 0) is 43.7 Å². The number of alkyl halides is 3. The minimum absolute atomic E-state index is 0.0687. The standard InChI is InChI=1S/C21H24N4O9S2.C2HF3O2/c1-13(20(27)24(7-2-9-26)8-10-36(31,32)33)11-15-4-6-18(35-15)21(28)34-17-5-3-14(19(22)23)12-16(17)25(29)30;3-2(4,5)1(6)7/h3-6,11-12,26H,2,7-10H2,1H3,(H3,22,23)(H,31,32,33);(H,6,7)/b13-11+;. The highest BCUT2D eigenvalue weighted by atomic mass is 32.2. The van der Waals surface area contributed by atoms with Crippen LogP contribution in [0.25, 0.3) is 6.08 Å². The van der Waals surface area contributed by atoms with Gasteiger partial charge in [-0.25, -0.2) is 9.59 Å². The number of amides is 1. The minimum Gasteiger partial charge on any atom is -0.475 e. The summed E-state index contributed by atoms with van der Waals surface area (Å²) in [7, 11) is -4.29. The molecule has 2 aromatic rings. The molecule has 6 N–H and O–H groups in total. The molecule has 15 nitrogen and oxygen atoms in total. The Bertz CT molecular complexity index is 1510. The van der Waals surface area contributed by atoms with E-state index < -0.39 is 50.5 Å². The number of nitrogens with two attached hydrogens (primary N) is 1. The molecule has 1 aromatic carbocycles. The molecular formula is C23H25F3N4O11S2. The molecule has 236 valence electrons. The predicted molar refractivity (Wildman–Crippen MR) is 145 cm³/mol. The number of carbonyl (C=O) groups is 3. The number of thiophene rings is 1. The van der Waals surface area contributed by atoms with Crippen LogP contribution in [0.15, 0.2) is 35.9 Å². The summed E-state index contributed by atoms with van der Waals surface area (Å²) in [6.07, 6.45) is -3.41. The average Bonchev–Trinajstić information content (AvgIpc) is 3.36. The van der Waals surface area contributed by atoms with Gasteiger partial charge in [0.25, 0.3) is 10.1 Å². The van der Waals surface area contributed by atoms with E-state index in [0.29, 0.717) is 4.88 Å². The molecule has 20 heteroatoms. The molecule has 0 aliphatic heterocycles. The Balaban J connectivity index is 0.00000117. The van der Waals surface area contributed by atoms with E-state index in [1.807, 2.05) is 0 Å². The highest BCUT2D eigenvalue weighted by Crippen LogP contribution is 2.30. The van der Waals surface area contributed by atoms with Crippen molar-refractivity contribution in [1.82, 2.24) is 4.90 Å². The van der Waals surface area contributed by atoms with Crippen LogP contribution in [-0.4, -0.2) is 88.3 Å². The first-order chi connectivity index (χ1) is 19.8. The number of esters is 1. The van der Waals surface area contributed by atoms with Gasteiger partial charge in [0.05, 0.1) is 10.7 Å². The number of hydrogen-bond donors (Lipinski definition) is 5. The molecule has 0 aliphatic rings. The van der Waals surface area contributed by atoms with E-state index in [1.54, 1.807) is 0 Å².